The third kappa shape index (κ3) is 4.69. The Hall–Kier alpha value is -4.77. The van der Waals surface area contributed by atoms with Gasteiger partial charge in [0, 0.05) is 22.4 Å². The van der Waals surface area contributed by atoms with Gasteiger partial charge in [-0.15, -0.1) is 0 Å². The van der Waals surface area contributed by atoms with E-state index in [0.717, 1.165) is 22.0 Å². The lowest BCUT2D eigenvalue weighted by Crippen LogP contribution is -2.12. The number of nitrogens with one attached hydrogen (secondary N) is 2. The molecule has 0 aliphatic rings. The molecule has 4 aromatic carbocycles. The molecule has 34 heavy (non-hydrogen) atoms. The van der Waals surface area contributed by atoms with E-state index in [4.69, 9.17) is 0 Å². The highest BCUT2D eigenvalue weighted by molar-refractivity contribution is 6.06. The van der Waals surface area contributed by atoms with Crippen molar-refractivity contribution in [1.29, 1.82) is 0 Å². The van der Waals surface area contributed by atoms with Crippen molar-refractivity contribution in [3.63, 3.8) is 0 Å². The van der Waals surface area contributed by atoms with E-state index in [0.29, 0.717) is 22.5 Å². The van der Waals surface area contributed by atoms with Crippen LogP contribution in [-0.2, 0) is 0 Å². The van der Waals surface area contributed by atoms with Gasteiger partial charge in [-0.2, -0.15) is 0 Å². The van der Waals surface area contributed by atoms with E-state index in [1.54, 1.807) is 18.3 Å². The van der Waals surface area contributed by atoms with Crippen molar-refractivity contribution in [3.8, 4) is 11.3 Å². The summed E-state index contributed by atoms with van der Waals surface area (Å²) in [6, 6.07) is 33.8. The first-order chi connectivity index (χ1) is 16.7. The quantitative estimate of drug-likeness (QED) is 0.330. The molecule has 0 saturated carbocycles. The van der Waals surface area contributed by atoms with Crippen molar-refractivity contribution in [3.05, 3.63) is 127 Å². The second-order valence-corrected chi connectivity index (χ2v) is 7.85. The summed E-state index contributed by atoms with van der Waals surface area (Å²) >= 11 is 0. The molecular formula is C29H21N3O2. The summed E-state index contributed by atoms with van der Waals surface area (Å²) in [7, 11) is 0. The number of carbonyl (C=O) groups is 2. The number of amides is 2. The van der Waals surface area contributed by atoms with E-state index < -0.39 is 0 Å². The van der Waals surface area contributed by atoms with E-state index >= 15 is 0 Å². The highest BCUT2D eigenvalue weighted by Gasteiger charge is 2.09. The lowest BCUT2D eigenvalue weighted by atomic mass is 10.1. The predicted molar refractivity (Wildman–Crippen MR) is 136 cm³/mol. The van der Waals surface area contributed by atoms with Gasteiger partial charge in [-0.1, -0.05) is 60.7 Å². The molecule has 0 saturated heterocycles. The van der Waals surface area contributed by atoms with E-state index in [2.05, 4.69) is 15.6 Å². The molecule has 0 unspecified atom stereocenters. The fourth-order valence-electron chi connectivity index (χ4n) is 3.69. The Labute approximate surface area is 197 Å². The highest BCUT2D eigenvalue weighted by Crippen LogP contribution is 2.22. The monoisotopic (exact) mass is 443 g/mol. The van der Waals surface area contributed by atoms with Crippen LogP contribution >= 0.6 is 0 Å². The molecule has 2 amide bonds. The maximum Gasteiger partial charge on any atom is 0.255 e. The first kappa shape index (κ1) is 21.1. The standard InChI is InChI=1S/C29H21N3O2/c33-28(22-7-2-1-3-8-22)31-25-14-12-21(13-15-25)27-17-16-26(19-30-27)32-29(34)24-11-10-20-6-4-5-9-23(20)18-24/h1-19H,(H,31,33)(H,32,34). The number of pyridine rings is 1. The molecule has 5 heteroatoms. The number of carbonyl (C=O) groups excluding carboxylic acids is 2. The van der Waals surface area contributed by atoms with Gasteiger partial charge in [0.25, 0.3) is 11.8 Å². The summed E-state index contributed by atoms with van der Waals surface area (Å²) in [5, 5.41) is 7.90. The molecule has 0 aliphatic heterocycles. The van der Waals surface area contributed by atoms with Crippen LogP contribution in [0.25, 0.3) is 22.0 Å². The smallest absolute Gasteiger partial charge is 0.255 e. The van der Waals surface area contributed by atoms with Gasteiger partial charge in [0.05, 0.1) is 17.6 Å². The van der Waals surface area contributed by atoms with Crippen LogP contribution in [0.15, 0.2) is 115 Å². The second-order valence-electron chi connectivity index (χ2n) is 7.85. The summed E-state index contributed by atoms with van der Waals surface area (Å²) in [4.78, 5) is 29.5. The van der Waals surface area contributed by atoms with Crippen LogP contribution in [0.2, 0.25) is 0 Å². The number of hydrogen-bond acceptors (Lipinski definition) is 3. The second kappa shape index (κ2) is 9.38. The molecule has 164 valence electrons. The van der Waals surface area contributed by atoms with Crippen molar-refractivity contribution in [2.45, 2.75) is 0 Å². The molecule has 0 atom stereocenters. The number of hydrogen-bond donors (Lipinski definition) is 2. The Kier molecular flexibility index (Phi) is 5.82. The van der Waals surface area contributed by atoms with Gasteiger partial charge >= 0.3 is 0 Å². The van der Waals surface area contributed by atoms with E-state index in [-0.39, 0.29) is 11.8 Å². The molecule has 0 radical (unpaired) electrons. The van der Waals surface area contributed by atoms with E-state index in [1.165, 1.54) is 0 Å². The normalized spacial score (nSPS) is 10.6. The number of rotatable bonds is 5. The molecule has 0 aliphatic carbocycles. The summed E-state index contributed by atoms with van der Waals surface area (Å²) in [6.07, 6.45) is 1.64. The Morgan fingerprint density at radius 3 is 1.94 bits per heavy atom. The zero-order valence-electron chi connectivity index (χ0n) is 18.2. The van der Waals surface area contributed by atoms with Crippen molar-refractivity contribution in [2.24, 2.45) is 0 Å². The average Bonchev–Trinajstić information content (AvgIpc) is 2.90. The number of nitrogens with zero attached hydrogens (tertiary/aromatic N) is 1. The minimum atomic E-state index is -0.182. The van der Waals surface area contributed by atoms with E-state index in [9.17, 15) is 9.59 Å². The van der Waals surface area contributed by atoms with Crippen LogP contribution in [-0.4, -0.2) is 16.8 Å². The van der Waals surface area contributed by atoms with Crippen molar-refractivity contribution >= 4 is 34.0 Å². The molecule has 5 aromatic rings. The van der Waals surface area contributed by atoms with Gasteiger partial charge in [-0.05, 0) is 59.3 Å². The lowest BCUT2D eigenvalue weighted by molar-refractivity contribution is 0.101. The summed E-state index contributed by atoms with van der Waals surface area (Å²) < 4.78 is 0. The SMILES string of the molecule is O=C(Nc1ccc(-c2ccc(NC(=O)c3ccc4ccccc4c3)cn2)cc1)c1ccccc1. The summed E-state index contributed by atoms with van der Waals surface area (Å²) in [6.45, 7) is 0. The minimum absolute atomic E-state index is 0.155. The average molecular weight is 444 g/mol. The first-order valence-electron chi connectivity index (χ1n) is 10.9. The van der Waals surface area contributed by atoms with Gasteiger partial charge in [-0.3, -0.25) is 14.6 Å². The van der Waals surface area contributed by atoms with Gasteiger partial charge in [0.2, 0.25) is 0 Å². The van der Waals surface area contributed by atoms with Crippen LogP contribution in [0.5, 0.6) is 0 Å². The Morgan fingerprint density at radius 2 is 1.21 bits per heavy atom. The zero-order chi connectivity index (χ0) is 23.3. The number of anilines is 2. The number of aromatic nitrogens is 1. The van der Waals surface area contributed by atoms with Crippen LogP contribution in [0.1, 0.15) is 20.7 Å². The maximum absolute atomic E-state index is 12.7. The predicted octanol–water partition coefficient (Wildman–Crippen LogP) is 6.41. The minimum Gasteiger partial charge on any atom is -0.322 e. The number of benzene rings is 4. The first-order valence-corrected chi connectivity index (χ1v) is 10.9. The highest BCUT2D eigenvalue weighted by atomic mass is 16.2. The van der Waals surface area contributed by atoms with Gasteiger partial charge in [-0.25, -0.2) is 0 Å². The Bertz CT molecular complexity index is 1460. The molecule has 0 fully saturated rings. The lowest BCUT2D eigenvalue weighted by Gasteiger charge is -2.08. The summed E-state index contributed by atoms with van der Waals surface area (Å²) in [5.74, 6) is -0.336. The maximum atomic E-state index is 12.7. The fourth-order valence-corrected chi connectivity index (χ4v) is 3.69. The molecule has 1 heterocycles. The van der Waals surface area contributed by atoms with Crippen molar-refractivity contribution in [1.82, 2.24) is 4.98 Å². The topological polar surface area (TPSA) is 71.1 Å². The van der Waals surface area contributed by atoms with E-state index in [1.807, 2.05) is 97.1 Å². The van der Waals surface area contributed by atoms with Gasteiger partial charge in [0.1, 0.15) is 0 Å². The van der Waals surface area contributed by atoms with Crippen molar-refractivity contribution < 1.29 is 9.59 Å². The molecule has 1 aromatic heterocycles. The number of fused-ring (bicyclic) bond motifs is 1. The summed E-state index contributed by atoms with van der Waals surface area (Å²) in [5.41, 5.74) is 4.20. The van der Waals surface area contributed by atoms with Crippen LogP contribution in [0, 0.1) is 0 Å². The Morgan fingerprint density at radius 1 is 0.559 bits per heavy atom. The third-order valence-corrected chi connectivity index (χ3v) is 5.51. The Balaban J connectivity index is 1.24. The largest absolute Gasteiger partial charge is 0.322 e. The van der Waals surface area contributed by atoms with Gasteiger partial charge < -0.3 is 10.6 Å². The van der Waals surface area contributed by atoms with Crippen molar-refractivity contribution in [2.75, 3.05) is 10.6 Å². The molecular weight excluding hydrogens is 422 g/mol. The van der Waals surface area contributed by atoms with Crippen LogP contribution in [0.4, 0.5) is 11.4 Å². The molecule has 5 rings (SSSR count). The zero-order valence-corrected chi connectivity index (χ0v) is 18.2. The molecule has 2 N–H and O–H groups in total. The van der Waals surface area contributed by atoms with Crippen LogP contribution < -0.4 is 10.6 Å². The van der Waals surface area contributed by atoms with Crippen LogP contribution in [0.3, 0.4) is 0 Å². The molecule has 0 spiro atoms. The third-order valence-electron chi connectivity index (χ3n) is 5.51. The molecule has 0 bridgehead atoms. The molecule has 5 nitrogen and oxygen atoms in total. The fraction of sp³-hybridized carbons (Fsp3) is 0. The van der Waals surface area contributed by atoms with Gasteiger partial charge in [0.15, 0.2) is 0 Å².